The summed E-state index contributed by atoms with van der Waals surface area (Å²) in [6.07, 6.45) is 0.938. The van der Waals surface area contributed by atoms with Crippen molar-refractivity contribution in [2.75, 3.05) is 23.7 Å². The minimum Gasteiger partial charge on any atom is -0.493 e. The summed E-state index contributed by atoms with van der Waals surface area (Å²) < 4.78 is 11.5. The molecule has 3 atom stereocenters. The third-order valence-electron chi connectivity index (χ3n) is 6.57. The van der Waals surface area contributed by atoms with Gasteiger partial charge in [0, 0.05) is 0 Å². The predicted octanol–water partition coefficient (Wildman–Crippen LogP) is 6.23. The molecule has 2 aliphatic heterocycles. The lowest BCUT2D eigenvalue weighted by Gasteiger charge is -2.29. The predicted molar refractivity (Wildman–Crippen MR) is 142 cm³/mol. The number of imide groups is 1. The summed E-state index contributed by atoms with van der Waals surface area (Å²) in [7, 11) is 1.57. The van der Waals surface area contributed by atoms with E-state index in [0.29, 0.717) is 28.8 Å². The zero-order valence-electron chi connectivity index (χ0n) is 20.4. The summed E-state index contributed by atoms with van der Waals surface area (Å²) in [5.41, 5.74) is 1.84. The van der Waals surface area contributed by atoms with Crippen molar-refractivity contribution >= 4 is 46.4 Å². The van der Waals surface area contributed by atoms with Crippen LogP contribution >= 0.6 is 23.2 Å². The number of hydrogen-bond donors (Lipinski definition) is 0. The molecule has 2 heterocycles. The number of unbranched alkanes of at least 4 members (excludes halogenated alkanes) is 1. The van der Waals surface area contributed by atoms with Crippen molar-refractivity contribution in [1.29, 1.82) is 0 Å². The number of anilines is 2. The van der Waals surface area contributed by atoms with Crippen LogP contribution in [0, 0.1) is 5.92 Å². The maximum Gasteiger partial charge on any atom is 0.266 e. The molecule has 2 aliphatic rings. The molecule has 3 unspecified atom stereocenters. The third-order valence-corrected chi connectivity index (χ3v) is 7.31. The van der Waals surface area contributed by atoms with Gasteiger partial charge in [0.1, 0.15) is 5.92 Å². The van der Waals surface area contributed by atoms with Gasteiger partial charge < -0.3 is 9.47 Å². The minimum absolute atomic E-state index is 0.253. The average molecular weight is 541 g/mol. The number of fused-ring (bicyclic) bond motifs is 1. The molecule has 192 valence electrons. The summed E-state index contributed by atoms with van der Waals surface area (Å²) in [4.78, 5) is 34.7. The lowest BCUT2D eigenvalue weighted by Crippen LogP contribution is -2.37. The molecular formula is C28H26Cl2N2O5. The van der Waals surface area contributed by atoms with Gasteiger partial charge in [-0.15, -0.1) is 0 Å². The quantitative estimate of drug-likeness (QED) is 0.249. The van der Waals surface area contributed by atoms with Gasteiger partial charge in [0.15, 0.2) is 17.6 Å². The van der Waals surface area contributed by atoms with Gasteiger partial charge in [-0.1, -0.05) is 60.8 Å². The molecule has 3 aromatic carbocycles. The Hall–Kier alpha value is -3.26. The van der Waals surface area contributed by atoms with Crippen molar-refractivity contribution in [3.05, 3.63) is 82.3 Å². The highest BCUT2D eigenvalue weighted by molar-refractivity contribution is 6.42. The highest BCUT2D eigenvalue weighted by Gasteiger charge is 2.60. The van der Waals surface area contributed by atoms with E-state index in [1.807, 2.05) is 48.5 Å². The van der Waals surface area contributed by atoms with E-state index >= 15 is 0 Å². The zero-order chi connectivity index (χ0) is 26.1. The average Bonchev–Trinajstić information content (AvgIpc) is 3.42. The number of methoxy groups -OCH3 is 1. The van der Waals surface area contributed by atoms with Crippen molar-refractivity contribution in [2.45, 2.75) is 31.9 Å². The number of nitrogens with zero attached hydrogens (tertiary/aromatic N) is 2. The molecule has 9 heteroatoms. The normalized spacial score (nSPS) is 20.9. The Kier molecular flexibility index (Phi) is 7.29. The standard InChI is InChI=1S/C28H26Cl2N2O5/c1-3-4-14-36-22-13-10-17(15-23(22)35-2)25-24-26(37-32(25)18-8-6-5-7-9-18)28(34)31(27(24)33)19-11-12-20(29)21(30)16-19/h5-13,15-16,24-26H,3-4,14H2,1-2H3. The van der Waals surface area contributed by atoms with Crippen LogP contribution in [-0.2, 0) is 14.4 Å². The van der Waals surface area contributed by atoms with Gasteiger partial charge in [0.2, 0.25) is 5.91 Å². The second-order valence-electron chi connectivity index (χ2n) is 8.88. The van der Waals surface area contributed by atoms with Crippen molar-refractivity contribution in [3.63, 3.8) is 0 Å². The number of carbonyl (C=O) groups is 2. The highest BCUT2D eigenvalue weighted by atomic mass is 35.5. The van der Waals surface area contributed by atoms with Crippen LogP contribution in [0.3, 0.4) is 0 Å². The number of ether oxygens (including phenoxy) is 2. The van der Waals surface area contributed by atoms with Crippen molar-refractivity contribution < 1.29 is 23.9 Å². The number of para-hydroxylation sites is 1. The molecule has 5 rings (SSSR count). The maximum absolute atomic E-state index is 13.8. The first-order chi connectivity index (χ1) is 17.9. The Labute approximate surface area is 225 Å². The summed E-state index contributed by atoms with van der Waals surface area (Å²) >= 11 is 12.2. The first kappa shape index (κ1) is 25.4. The van der Waals surface area contributed by atoms with Crippen molar-refractivity contribution in [2.24, 2.45) is 5.92 Å². The Morgan fingerprint density at radius 1 is 0.892 bits per heavy atom. The van der Waals surface area contributed by atoms with Crippen LogP contribution in [0.4, 0.5) is 11.4 Å². The molecule has 2 amide bonds. The first-order valence-electron chi connectivity index (χ1n) is 12.1. The molecule has 0 aliphatic carbocycles. The Morgan fingerprint density at radius 2 is 1.68 bits per heavy atom. The van der Waals surface area contributed by atoms with Gasteiger partial charge in [-0.25, -0.2) is 9.96 Å². The molecule has 0 saturated carbocycles. The maximum atomic E-state index is 13.8. The van der Waals surface area contributed by atoms with Crippen LogP contribution in [-0.4, -0.2) is 31.6 Å². The number of carbonyl (C=O) groups excluding carboxylic acids is 2. The Morgan fingerprint density at radius 3 is 2.38 bits per heavy atom. The second-order valence-corrected chi connectivity index (χ2v) is 9.69. The van der Waals surface area contributed by atoms with Gasteiger partial charge in [-0.3, -0.25) is 14.4 Å². The lowest BCUT2D eigenvalue weighted by atomic mass is 9.90. The van der Waals surface area contributed by atoms with Gasteiger partial charge in [0.05, 0.1) is 41.2 Å². The number of hydroxylamine groups is 1. The zero-order valence-corrected chi connectivity index (χ0v) is 21.9. The van der Waals surface area contributed by atoms with E-state index in [9.17, 15) is 9.59 Å². The summed E-state index contributed by atoms with van der Waals surface area (Å²) in [6.45, 7) is 2.67. The van der Waals surface area contributed by atoms with Crippen LogP contribution in [0.15, 0.2) is 66.7 Å². The van der Waals surface area contributed by atoms with E-state index in [2.05, 4.69) is 6.92 Å². The molecule has 7 nitrogen and oxygen atoms in total. The number of amides is 2. The van der Waals surface area contributed by atoms with E-state index < -0.39 is 24.0 Å². The molecule has 0 bridgehead atoms. The second kappa shape index (κ2) is 10.6. The summed E-state index contributed by atoms with van der Waals surface area (Å²) in [5.74, 6) is -0.461. The molecule has 0 N–H and O–H groups in total. The molecule has 2 fully saturated rings. The van der Waals surface area contributed by atoms with Crippen LogP contribution in [0.25, 0.3) is 0 Å². The first-order valence-corrected chi connectivity index (χ1v) is 12.8. The third kappa shape index (κ3) is 4.63. The van der Waals surface area contributed by atoms with E-state index in [-0.39, 0.29) is 10.9 Å². The van der Waals surface area contributed by atoms with E-state index in [1.54, 1.807) is 24.3 Å². The fraction of sp³-hybridized carbons (Fsp3) is 0.286. The van der Waals surface area contributed by atoms with Crippen molar-refractivity contribution in [3.8, 4) is 11.5 Å². The number of rotatable bonds is 8. The van der Waals surface area contributed by atoms with E-state index in [4.69, 9.17) is 37.5 Å². The fourth-order valence-electron chi connectivity index (χ4n) is 4.74. The largest absolute Gasteiger partial charge is 0.493 e. The topological polar surface area (TPSA) is 68.3 Å². The van der Waals surface area contributed by atoms with Crippen LogP contribution in [0.1, 0.15) is 31.4 Å². The van der Waals surface area contributed by atoms with Crippen LogP contribution in [0.2, 0.25) is 10.0 Å². The van der Waals surface area contributed by atoms with Gasteiger partial charge in [-0.05, 0) is 54.4 Å². The smallest absolute Gasteiger partial charge is 0.266 e. The van der Waals surface area contributed by atoms with Gasteiger partial charge in [-0.2, -0.15) is 0 Å². The van der Waals surface area contributed by atoms with E-state index in [1.165, 1.54) is 6.07 Å². The summed E-state index contributed by atoms with van der Waals surface area (Å²) in [6, 6.07) is 19.0. The number of hydrogen-bond acceptors (Lipinski definition) is 6. The number of benzene rings is 3. The Bertz CT molecular complexity index is 1320. The summed E-state index contributed by atoms with van der Waals surface area (Å²) in [5, 5.41) is 2.23. The van der Waals surface area contributed by atoms with Crippen LogP contribution in [0.5, 0.6) is 11.5 Å². The fourth-order valence-corrected chi connectivity index (χ4v) is 5.04. The lowest BCUT2D eigenvalue weighted by molar-refractivity contribution is -0.126. The molecule has 37 heavy (non-hydrogen) atoms. The minimum atomic E-state index is -1.00. The molecular weight excluding hydrogens is 515 g/mol. The molecule has 0 radical (unpaired) electrons. The molecule has 0 spiro atoms. The van der Waals surface area contributed by atoms with Gasteiger partial charge >= 0.3 is 0 Å². The molecule has 2 saturated heterocycles. The highest BCUT2D eigenvalue weighted by Crippen LogP contribution is 2.49. The monoisotopic (exact) mass is 540 g/mol. The van der Waals surface area contributed by atoms with E-state index in [0.717, 1.165) is 29.0 Å². The SMILES string of the molecule is CCCCOc1ccc(C2C3C(=O)N(c4ccc(Cl)c(Cl)c4)C(=O)C3ON2c2ccccc2)cc1OC. The molecule has 3 aromatic rings. The van der Waals surface area contributed by atoms with Gasteiger partial charge in [0.25, 0.3) is 5.91 Å². The van der Waals surface area contributed by atoms with Crippen molar-refractivity contribution in [1.82, 2.24) is 0 Å². The number of halogens is 2. The molecule has 0 aromatic heterocycles. The van der Waals surface area contributed by atoms with Crippen LogP contribution < -0.4 is 19.4 Å². The Balaban J connectivity index is 1.55.